The van der Waals surface area contributed by atoms with E-state index in [1.807, 2.05) is 27.0 Å². The summed E-state index contributed by atoms with van der Waals surface area (Å²) in [6, 6.07) is 1.53. The monoisotopic (exact) mass is 679 g/mol. The van der Waals surface area contributed by atoms with Gasteiger partial charge in [-0.1, -0.05) is 13.0 Å². The van der Waals surface area contributed by atoms with Gasteiger partial charge in [-0.15, -0.1) is 0 Å². The van der Waals surface area contributed by atoms with Crippen LogP contribution in [0.1, 0.15) is 70.5 Å². The van der Waals surface area contributed by atoms with Gasteiger partial charge in [-0.2, -0.15) is 17.0 Å². The van der Waals surface area contributed by atoms with E-state index < -0.39 is 42.2 Å². The van der Waals surface area contributed by atoms with Gasteiger partial charge in [0.25, 0.3) is 0 Å². The summed E-state index contributed by atoms with van der Waals surface area (Å²) in [4.78, 5) is 30.1. The number of benzene rings is 2. The zero-order valence-electron chi connectivity index (χ0n) is 27.7. The van der Waals surface area contributed by atoms with Crippen LogP contribution in [0.4, 0.5) is 4.79 Å². The number of carbonyl (C=O) groups excluding carboxylic acids is 2. The lowest BCUT2D eigenvalue weighted by molar-refractivity contribution is -0.122. The highest BCUT2D eigenvalue weighted by atomic mass is 32.2. The quantitative estimate of drug-likeness (QED) is 0.351. The number of nitrogens with one attached hydrogen (secondary N) is 2. The first kappa shape index (κ1) is 32.6. The predicted octanol–water partition coefficient (Wildman–Crippen LogP) is 3.48. The maximum Gasteiger partial charge on any atom is 0.413 e. The Balaban J connectivity index is 1.40. The lowest BCUT2D eigenvalue weighted by Crippen LogP contribution is -2.69. The van der Waals surface area contributed by atoms with Crippen molar-refractivity contribution < 1.29 is 38.7 Å². The number of hydrogen-bond donors (Lipinski definition) is 4. The second-order valence-corrected chi connectivity index (χ2v) is 14.5. The van der Waals surface area contributed by atoms with Crippen LogP contribution < -0.4 is 24.8 Å². The van der Waals surface area contributed by atoms with Gasteiger partial charge < -0.3 is 34.5 Å². The van der Waals surface area contributed by atoms with E-state index in [2.05, 4.69) is 26.5 Å². The Hall–Kier alpha value is -3.90. The number of fused-ring (bicyclic) bond motifs is 9. The molecule has 256 valence electrons. The smallest absolute Gasteiger partial charge is 0.413 e. The van der Waals surface area contributed by atoms with Crippen LogP contribution in [0, 0.1) is 25.2 Å². The topological polar surface area (TPSA) is 166 Å². The molecule has 2 aromatic carbocycles. The molecule has 2 fully saturated rings. The van der Waals surface area contributed by atoms with Gasteiger partial charge in [-0.3, -0.25) is 19.9 Å². The third kappa shape index (κ3) is 4.85. The summed E-state index contributed by atoms with van der Waals surface area (Å²) in [6.07, 6.45) is 1.07. The number of ether oxygens (including phenoxy) is 4. The van der Waals surface area contributed by atoms with Gasteiger partial charge in [0.2, 0.25) is 12.7 Å². The molecule has 4 N–H and O–H groups in total. The number of likely N-dealkylation sites (N-methyl/N-ethyl adjacent to an activating group) is 1. The molecule has 48 heavy (non-hydrogen) atoms. The number of nitrogens with zero attached hydrogens (tertiary/aromatic N) is 3. The van der Waals surface area contributed by atoms with Gasteiger partial charge in [-0.05, 0) is 63.6 Å². The fraction of sp³-hybridized carbons (Fsp3) is 0.559. The first-order chi connectivity index (χ1) is 23.1. The Bertz CT molecular complexity index is 1710. The number of aryl methyl sites for hydroxylation is 1. The van der Waals surface area contributed by atoms with E-state index in [4.69, 9.17) is 18.9 Å². The lowest BCUT2D eigenvalue weighted by Gasteiger charge is -2.61. The van der Waals surface area contributed by atoms with Crippen molar-refractivity contribution in [2.24, 2.45) is 0 Å². The van der Waals surface area contributed by atoms with Gasteiger partial charge >= 0.3 is 6.09 Å². The van der Waals surface area contributed by atoms with Gasteiger partial charge in [0.05, 0.1) is 36.6 Å². The molecule has 5 heterocycles. The van der Waals surface area contributed by atoms with Crippen LogP contribution in [0.25, 0.3) is 0 Å². The fourth-order valence-electron chi connectivity index (χ4n) is 8.64. The third-order valence-electron chi connectivity index (χ3n) is 10.6. The molecule has 1 unspecified atom stereocenters. The van der Waals surface area contributed by atoms with Gasteiger partial charge in [0.15, 0.2) is 23.0 Å². The zero-order valence-corrected chi connectivity index (χ0v) is 28.5. The second kappa shape index (κ2) is 12.5. The van der Waals surface area contributed by atoms with Crippen LogP contribution in [0.5, 0.6) is 28.7 Å². The molecular formula is C34H41N5O8S. The molecule has 2 saturated heterocycles. The molecule has 0 saturated carbocycles. The molecular weight excluding hydrogens is 638 g/mol. The van der Waals surface area contributed by atoms with Crippen molar-refractivity contribution in [1.29, 1.82) is 5.26 Å². The molecule has 2 amide bonds. The molecule has 2 aromatic rings. The summed E-state index contributed by atoms with van der Waals surface area (Å²) in [6.45, 7) is 6.13. The summed E-state index contributed by atoms with van der Waals surface area (Å²) in [7, 11) is 3.51. The largest absolute Gasteiger partial charge is 0.507 e. The highest BCUT2D eigenvalue weighted by Gasteiger charge is 2.60. The fourth-order valence-corrected chi connectivity index (χ4v) is 9.89. The number of amides is 2. The van der Waals surface area contributed by atoms with Crippen LogP contribution in [-0.2, 0) is 16.0 Å². The molecule has 0 aliphatic carbocycles. The number of piperazine rings is 1. The van der Waals surface area contributed by atoms with Crippen LogP contribution >= 0.6 is 11.8 Å². The summed E-state index contributed by atoms with van der Waals surface area (Å²) in [5.74, 6) is 1.60. The Labute approximate surface area is 283 Å². The molecule has 5 aliphatic rings. The van der Waals surface area contributed by atoms with E-state index in [0.717, 1.165) is 23.1 Å². The molecule has 14 heteroatoms. The number of rotatable bonds is 6. The van der Waals surface area contributed by atoms with Crippen LogP contribution in [0.2, 0.25) is 0 Å². The maximum absolute atomic E-state index is 13.1. The number of aromatic hydroxyl groups is 2. The molecule has 0 aromatic heterocycles. The van der Waals surface area contributed by atoms with E-state index >= 15 is 0 Å². The number of alkyl carbamates (subject to hydrolysis) is 1. The number of thioether (sulfide) groups is 1. The normalized spacial score (nSPS) is 28.5. The van der Waals surface area contributed by atoms with Crippen LogP contribution in [0.15, 0.2) is 6.07 Å². The van der Waals surface area contributed by atoms with E-state index in [0.29, 0.717) is 59.1 Å². The lowest BCUT2D eigenvalue weighted by atomic mass is 9.71. The number of hydrogen-bond acceptors (Lipinski definition) is 13. The van der Waals surface area contributed by atoms with Crippen molar-refractivity contribution in [3.05, 3.63) is 39.4 Å². The highest BCUT2D eigenvalue weighted by Crippen LogP contribution is 2.63. The van der Waals surface area contributed by atoms with Crippen molar-refractivity contribution in [3.63, 3.8) is 0 Å². The van der Waals surface area contributed by atoms with E-state index in [1.54, 1.807) is 18.7 Å². The molecule has 2 bridgehead atoms. The average Bonchev–Trinajstić information content (AvgIpc) is 3.77. The number of methoxy groups -OCH3 is 1. The van der Waals surface area contributed by atoms with E-state index in [1.165, 1.54) is 7.11 Å². The number of phenolic OH excluding ortho intramolecular Hbond substituents is 2. The number of imide groups is 1. The molecule has 7 rings (SSSR count). The minimum Gasteiger partial charge on any atom is -0.507 e. The number of carbonyl (C=O) groups is 2. The van der Waals surface area contributed by atoms with Gasteiger partial charge in [-0.25, -0.2) is 4.79 Å². The zero-order chi connectivity index (χ0) is 34.0. The van der Waals surface area contributed by atoms with Gasteiger partial charge in [0, 0.05) is 34.3 Å². The molecule has 7 atom stereocenters. The van der Waals surface area contributed by atoms with E-state index in [-0.39, 0.29) is 36.2 Å². The Morgan fingerprint density at radius 1 is 1.19 bits per heavy atom. The summed E-state index contributed by atoms with van der Waals surface area (Å²) in [5, 5.41) is 39.7. The van der Waals surface area contributed by atoms with Gasteiger partial charge in [0.1, 0.15) is 18.4 Å². The van der Waals surface area contributed by atoms with Crippen molar-refractivity contribution in [2.75, 3.05) is 39.9 Å². The Morgan fingerprint density at radius 3 is 2.65 bits per heavy atom. The molecule has 0 radical (unpaired) electrons. The summed E-state index contributed by atoms with van der Waals surface area (Å²) < 4.78 is 23.4. The summed E-state index contributed by atoms with van der Waals surface area (Å²) >= 11 is 1.63. The third-order valence-corrected chi connectivity index (χ3v) is 11.9. The SMILES string of the molecule is CCS[C@@H]1c2c(O)c(C)c3c(c2[C@H](COC(=O)NC(=O)[C@@H]2CCCN2)N2C1[C@@H]1c4c(cc(C)c(OC)c4O)C[C@@H]([C@@H]2C#N)N1C)OCO3. The number of nitriles is 1. The predicted molar refractivity (Wildman–Crippen MR) is 176 cm³/mol. The first-order valence-electron chi connectivity index (χ1n) is 16.4. The highest BCUT2D eigenvalue weighted by molar-refractivity contribution is 7.99. The minimum absolute atomic E-state index is 0.0475. The first-order valence-corrected chi connectivity index (χ1v) is 17.4. The molecule has 5 aliphatic heterocycles. The van der Waals surface area contributed by atoms with Crippen molar-refractivity contribution in [3.8, 4) is 34.8 Å². The number of phenols is 2. The van der Waals surface area contributed by atoms with Crippen molar-refractivity contribution >= 4 is 23.8 Å². The minimum atomic E-state index is -0.895. The van der Waals surface area contributed by atoms with Crippen molar-refractivity contribution in [2.45, 2.75) is 81.5 Å². The summed E-state index contributed by atoms with van der Waals surface area (Å²) in [5.41, 5.74) is 4.22. The standard InChI is InChI=1S/C34H41N5O8S/c1-6-48-32-24-23(31-30(46-14-47-31)16(3)27(24)40)21(13-45-34(43)37-33(42)18-8-7-9-36-18)39-20(12-35)19-11-17-10-15(2)29(44-5)28(41)22(17)25(26(32)39)38(19)4/h10,18-21,25-26,32,36,40-41H,6-9,11,13-14H2,1-5H3,(H,37,42,43)/t18-,19-,20-,21-,25-,26?,32+/m0/s1. The second-order valence-electron chi connectivity index (χ2n) is 13.0. The van der Waals surface area contributed by atoms with Crippen LogP contribution in [0.3, 0.4) is 0 Å². The average molecular weight is 680 g/mol. The molecule has 0 spiro atoms. The Kier molecular flexibility index (Phi) is 8.52. The molecule has 13 nitrogen and oxygen atoms in total. The Morgan fingerprint density at radius 2 is 1.96 bits per heavy atom. The maximum atomic E-state index is 13.1. The van der Waals surface area contributed by atoms with Crippen molar-refractivity contribution in [1.82, 2.24) is 20.4 Å². The van der Waals surface area contributed by atoms with Crippen LogP contribution in [-0.4, -0.2) is 96.0 Å². The van der Waals surface area contributed by atoms with E-state index in [9.17, 15) is 25.1 Å².